The molecule has 1 nitrogen and oxygen atoms in total. The third-order valence-electron chi connectivity index (χ3n) is 3.21. The quantitative estimate of drug-likeness (QED) is 0.799. The van der Waals surface area contributed by atoms with Crippen molar-refractivity contribution in [1.82, 2.24) is 0 Å². The molecule has 0 saturated heterocycles. The van der Waals surface area contributed by atoms with Crippen LogP contribution in [0.4, 0.5) is 8.78 Å². The van der Waals surface area contributed by atoms with Crippen LogP contribution in [0, 0.1) is 17.6 Å². The van der Waals surface area contributed by atoms with Gasteiger partial charge in [-0.1, -0.05) is 6.42 Å². The fraction of sp³-hybridized carbons (Fsp3) is 0.500. The van der Waals surface area contributed by atoms with Crippen molar-refractivity contribution >= 4 is 0 Å². The number of benzene rings is 1. The van der Waals surface area contributed by atoms with Crippen molar-refractivity contribution in [2.24, 2.45) is 11.7 Å². The van der Waals surface area contributed by atoms with E-state index in [2.05, 4.69) is 0 Å². The molecule has 0 amide bonds. The summed E-state index contributed by atoms with van der Waals surface area (Å²) in [5.74, 6) is -0.394. The number of hydrogen-bond donors (Lipinski definition) is 1. The molecular formula is C12H15F2N. The Morgan fingerprint density at radius 1 is 1.27 bits per heavy atom. The van der Waals surface area contributed by atoms with Crippen LogP contribution in [0.15, 0.2) is 18.2 Å². The zero-order valence-corrected chi connectivity index (χ0v) is 8.55. The predicted molar refractivity (Wildman–Crippen MR) is 55.4 cm³/mol. The van der Waals surface area contributed by atoms with E-state index >= 15 is 0 Å². The Morgan fingerprint density at radius 3 is 2.73 bits per heavy atom. The Kier molecular flexibility index (Phi) is 3.00. The molecule has 1 saturated carbocycles. The molecule has 0 aromatic heterocycles. The summed E-state index contributed by atoms with van der Waals surface area (Å²) in [6, 6.07) is 3.76. The minimum atomic E-state index is -0.377. The Morgan fingerprint density at radius 2 is 2.07 bits per heavy atom. The first-order valence-corrected chi connectivity index (χ1v) is 5.36. The van der Waals surface area contributed by atoms with E-state index in [1.54, 1.807) is 0 Å². The van der Waals surface area contributed by atoms with Gasteiger partial charge >= 0.3 is 0 Å². The molecule has 1 aromatic carbocycles. The number of nitrogens with two attached hydrogens (primary N) is 1. The second kappa shape index (κ2) is 4.27. The molecule has 0 aliphatic heterocycles. The Bertz CT molecular complexity index is 351. The van der Waals surface area contributed by atoms with Gasteiger partial charge in [-0.05, 0) is 48.9 Å². The van der Waals surface area contributed by atoms with Gasteiger partial charge in [-0.15, -0.1) is 0 Å². The van der Waals surface area contributed by atoms with Crippen molar-refractivity contribution in [2.45, 2.75) is 31.7 Å². The van der Waals surface area contributed by atoms with Gasteiger partial charge in [0.1, 0.15) is 11.6 Å². The summed E-state index contributed by atoms with van der Waals surface area (Å²) in [4.78, 5) is 0. The number of hydrogen-bond acceptors (Lipinski definition) is 1. The lowest BCUT2D eigenvalue weighted by atomic mass is 9.95. The molecule has 82 valence electrons. The maximum absolute atomic E-state index is 13.3. The van der Waals surface area contributed by atoms with Crippen LogP contribution in [-0.4, -0.2) is 6.04 Å². The standard InChI is InChI=1S/C12H15F2N/c13-10-4-5-11(14)9(7-10)6-8-2-1-3-12(8)15/h4-5,7-8,12H,1-3,6,15H2. The van der Waals surface area contributed by atoms with Crippen molar-refractivity contribution in [3.8, 4) is 0 Å². The maximum atomic E-state index is 13.3. The molecule has 2 N–H and O–H groups in total. The third-order valence-corrected chi connectivity index (χ3v) is 3.21. The smallest absolute Gasteiger partial charge is 0.126 e. The molecule has 3 heteroatoms. The summed E-state index contributed by atoms with van der Waals surface area (Å²) in [5.41, 5.74) is 6.35. The molecule has 2 atom stereocenters. The van der Waals surface area contributed by atoms with Gasteiger partial charge < -0.3 is 5.73 Å². The van der Waals surface area contributed by atoms with Crippen LogP contribution in [0.3, 0.4) is 0 Å². The summed E-state index contributed by atoms with van der Waals surface area (Å²) >= 11 is 0. The van der Waals surface area contributed by atoms with Gasteiger partial charge in [0.2, 0.25) is 0 Å². The molecule has 0 bridgehead atoms. The Balaban J connectivity index is 2.12. The lowest BCUT2D eigenvalue weighted by Crippen LogP contribution is -2.26. The van der Waals surface area contributed by atoms with Gasteiger partial charge in [0, 0.05) is 6.04 Å². The second-order valence-corrected chi connectivity index (χ2v) is 4.29. The van der Waals surface area contributed by atoms with E-state index in [1.165, 1.54) is 12.1 Å². The van der Waals surface area contributed by atoms with Gasteiger partial charge in [0.05, 0.1) is 0 Å². The molecule has 1 aliphatic carbocycles. The third kappa shape index (κ3) is 2.34. The minimum Gasteiger partial charge on any atom is -0.327 e. The van der Waals surface area contributed by atoms with E-state index < -0.39 is 0 Å². The van der Waals surface area contributed by atoms with Gasteiger partial charge in [-0.2, -0.15) is 0 Å². The highest BCUT2D eigenvalue weighted by Crippen LogP contribution is 2.28. The first kappa shape index (κ1) is 10.6. The zero-order valence-electron chi connectivity index (χ0n) is 8.55. The predicted octanol–water partition coefficient (Wildman–Crippen LogP) is 2.63. The van der Waals surface area contributed by atoms with Crippen LogP contribution < -0.4 is 5.73 Å². The van der Waals surface area contributed by atoms with E-state index in [1.807, 2.05) is 0 Å². The molecule has 1 fully saturated rings. The highest BCUT2D eigenvalue weighted by molar-refractivity contribution is 5.19. The van der Waals surface area contributed by atoms with Crippen molar-refractivity contribution in [3.63, 3.8) is 0 Å². The Hall–Kier alpha value is -0.960. The van der Waals surface area contributed by atoms with Crippen LogP contribution in [0.1, 0.15) is 24.8 Å². The summed E-state index contributed by atoms with van der Waals surface area (Å²) < 4.78 is 26.3. The van der Waals surface area contributed by atoms with Crippen molar-refractivity contribution in [2.75, 3.05) is 0 Å². The van der Waals surface area contributed by atoms with Gasteiger partial charge in [-0.3, -0.25) is 0 Å². The van der Waals surface area contributed by atoms with Crippen LogP contribution in [-0.2, 0) is 6.42 Å². The van der Waals surface area contributed by atoms with Crippen LogP contribution >= 0.6 is 0 Å². The fourth-order valence-electron chi connectivity index (χ4n) is 2.30. The zero-order chi connectivity index (χ0) is 10.8. The second-order valence-electron chi connectivity index (χ2n) is 4.29. The van der Waals surface area contributed by atoms with E-state index in [9.17, 15) is 8.78 Å². The topological polar surface area (TPSA) is 26.0 Å². The molecule has 0 heterocycles. The average Bonchev–Trinajstić information content (AvgIpc) is 2.58. The van der Waals surface area contributed by atoms with E-state index in [0.717, 1.165) is 25.3 Å². The normalized spacial score (nSPS) is 25.8. The number of rotatable bonds is 2. The molecule has 1 aromatic rings. The lowest BCUT2D eigenvalue weighted by Gasteiger charge is -2.15. The monoisotopic (exact) mass is 211 g/mol. The van der Waals surface area contributed by atoms with E-state index in [4.69, 9.17) is 5.73 Å². The molecule has 2 unspecified atom stereocenters. The van der Waals surface area contributed by atoms with Crippen molar-refractivity contribution in [3.05, 3.63) is 35.4 Å². The Labute approximate surface area is 88.3 Å². The van der Waals surface area contributed by atoms with Gasteiger partial charge in [0.15, 0.2) is 0 Å². The molecule has 1 aliphatic rings. The molecule has 2 rings (SSSR count). The van der Waals surface area contributed by atoms with Gasteiger partial charge in [0.25, 0.3) is 0 Å². The summed E-state index contributed by atoms with van der Waals surface area (Å²) in [5, 5.41) is 0. The number of halogens is 2. The molecule has 0 spiro atoms. The first-order chi connectivity index (χ1) is 7.16. The van der Waals surface area contributed by atoms with Crippen molar-refractivity contribution in [1.29, 1.82) is 0 Å². The van der Waals surface area contributed by atoms with Gasteiger partial charge in [-0.25, -0.2) is 8.78 Å². The molecule has 0 radical (unpaired) electrons. The summed E-state index contributed by atoms with van der Waals surface area (Å²) in [6.45, 7) is 0. The first-order valence-electron chi connectivity index (χ1n) is 5.36. The van der Waals surface area contributed by atoms with E-state index in [0.29, 0.717) is 17.9 Å². The highest BCUT2D eigenvalue weighted by Gasteiger charge is 2.24. The van der Waals surface area contributed by atoms with Crippen molar-refractivity contribution < 1.29 is 8.78 Å². The lowest BCUT2D eigenvalue weighted by molar-refractivity contribution is 0.464. The average molecular weight is 211 g/mol. The summed E-state index contributed by atoms with van der Waals surface area (Å²) in [6.07, 6.45) is 3.69. The van der Waals surface area contributed by atoms with Crippen LogP contribution in [0.2, 0.25) is 0 Å². The molecule has 15 heavy (non-hydrogen) atoms. The van der Waals surface area contributed by atoms with Crippen LogP contribution in [0.5, 0.6) is 0 Å². The largest absolute Gasteiger partial charge is 0.327 e. The van der Waals surface area contributed by atoms with E-state index in [-0.39, 0.29) is 17.7 Å². The minimum absolute atomic E-state index is 0.146. The highest BCUT2D eigenvalue weighted by atomic mass is 19.1. The molecular weight excluding hydrogens is 196 g/mol. The van der Waals surface area contributed by atoms with Crippen LogP contribution in [0.25, 0.3) is 0 Å². The fourth-order valence-corrected chi connectivity index (χ4v) is 2.30. The SMILES string of the molecule is NC1CCCC1Cc1cc(F)ccc1F. The maximum Gasteiger partial charge on any atom is 0.126 e. The summed E-state index contributed by atoms with van der Waals surface area (Å²) in [7, 11) is 0.